The first kappa shape index (κ1) is 17.7. The Bertz CT molecular complexity index is 545. The van der Waals surface area contributed by atoms with Gasteiger partial charge < -0.3 is 15.0 Å². The standard InChI is InChI=1S/C18H29N3O2/c1-13-8-6-10-19-17(13)23-12-18(3,4)20-16(22)14(2)15-9-7-11-21(15)5/h6,8,10,14-15H,7,9,11-12H2,1-5H3,(H,20,22)/t14?,15-/m1/s1. The number of ether oxygens (including phenoxy) is 1. The fourth-order valence-corrected chi connectivity index (χ4v) is 3.10. The van der Waals surface area contributed by atoms with Gasteiger partial charge in [-0.25, -0.2) is 4.98 Å². The number of rotatable bonds is 6. The number of carbonyl (C=O) groups excluding carboxylic acids is 1. The van der Waals surface area contributed by atoms with Crippen LogP contribution in [0.3, 0.4) is 0 Å². The number of amides is 1. The van der Waals surface area contributed by atoms with E-state index in [1.165, 1.54) is 6.42 Å². The summed E-state index contributed by atoms with van der Waals surface area (Å²) < 4.78 is 5.79. The van der Waals surface area contributed by atoms with Gasteiger partial charge in [0, 0.05) is 17.8 Å². The fraction of sp³-hybridized carbons (Fsp3) is 0.667. The molecule has 23 heavy (non-hydrogen) atoms. The number of likely N-dealkylation sites (tertiary alicyclic amines) is 1. The van der Waals surface area contributed by atoms with E-state index in [1.54, 1.807) is 6.20 Å². The van der Waals surface area contributed by atoms with E-state index in [-0.39, 0.29) is 11.8 Å². The summed E-state index contributed by atoms with van der Waals surface area (Å²) in [5, 5.41) is 3.12. The largest absolute Gasteiger partial charge is 0.475 e. The maximum absolute atomic E-state index is 12.6. The summed E-state index contributed by atoms with van der Waals surface area (Å²) in [5.74, 6) is 0.701. The molecule has 0 spiro atoms. The van der Waals surface area contributed by atoms with Crippen molar-refractivity contribution in [2.45, 2.75) is 52.1 Å². The summed E-state index contributed by atoms with van der Waals surface area (Å²) >= 11 is 0. The van der Waals surface area contributed by atoms with Crippen molar-refractivity contribution >= 4 is 5.91 Å². The summed E-state index contributed by atoms with van der Waals surface area (Å²) in [4.78, 5) is 19.1. The first-order valence-electron chi connectivity index (χ1n) is 8.37. The van der Waals surface area contributed by atoms with Crippen molar-refractivity contribution in [2.24, 2.45) is 5.92 Å². The Morgan fingerprint density at radius 2 is 2.30 bits per heavy atom. The van der Waals surface area contributed by atoms with Gasteiger partial charge >= 0.3 is 0 Å². The predicted octanol–water partition coefficient (Wildman–Crippen LogP) is 2.39. The number of carbonyl (C=O) groups is 1. The average molecular weight is 319 g/mol. The highest BCUT2D eigenvalue weighted by Gasteiger charge is 2.33. The maximum atomic E-state index is 12.6. The summed E-state index contributed by atoms with van der Waals surface area (Å²) in [6.07, 6.45) is 3.98. The van der Waals surface area contributed by atoms with Crippen molar-refractivity contribution in [3.05, 3.63) is 23.9 Å². The first-order valence-corrected chi connectivity index (χ1v) is 8.37. The third kappa shape index (κ3) is 4.67. The molecule has 1 unspecified atom stereocenters. The highest BCUT2D eigenvalue weighted by Crippen LogP contribution is 2.23. The summed E-state index contributed by atoms with van der Waals surface area (Å²) in [5.41, 5.74) is 0.558. The van der Waals surface area contributed by atoms with E-state index in [0.717, 1.165) is 18.5 Å². The van der Waals surface area contributed by atoms with E-state index in [4.69, 9.17) is 4.74 Å². The minimum atomic E-state index is -0.438. The smallest absolute Gasteiger partial charge is 0.224 e. The molecule has 128 valence electrons. The van der Waals surface area contributed by atoms with Crippen molar-refractivity contribution < 1.29 is 9.53 Å². The molecule has 1 aliphatic rings. The minimum absolute atomic E-state index is 0.0154. The van der Waals surface area contributed by atoms with Gasteiger partial charge in [-0.2, -0.15) is 0 Å². The van der Waals surface area contributed by atoms with E-state index >= 15 is 0 Å². The quantitative estimate of drug-likeness (QED) is 0.875. The highest BCUT2D eigenvalue weighted by molar-refractivity contribution is 5.79. The number of aromatic nitrogens is 1. The fourth-order valence-electron chi connectivity index (χ4n) is 3.10. The van der Waals surface area contributed by atoms with Crippen LogP contribution < -0.4 is 10.1 Å². The Hall–Kier alpha value is -1.62. The number of pyridine rings is 1. The maximum Gasteiger partial charge on any atom is 0.224 e. The van der Waals surface area contributed by atoms with Crippen LogP contribution in [-0.4, -0.2) is 47.6 Å². The van der Waals surface area contributed by atoms with Crippen LogP contribution in [0.2, 0.25) is 0 Å². The van der Waals surface area contributed by atoms with E-state index in [2.05, 4.69) is 22.2 Å². The van der Waals surface area contributed by atoms with Gasteiger partial charge in [0.15, 0.2) is 0 Å². The zero-order valence-corrected chi connectivity index (χ0v) is 14.9. The van der Waals surface area contributed by atoms with Crippen molar-refractivity contribution in [2.75, 3.05) is 20.2 Å². The molecule has 1 aliphatic heterocycles. The molecule has 2 rings (SSSR count). The third-order valence-electron chi connectivity index (χ3n) is 4.56. The minimum Gasteiger partial charge on any atom is -0.475 e. The topological polar surface area (TPSA) is 54.5 Å². The van der Waals surface area contributed by atoms with Crippen molar-refractivity contribution in [1.82, 2.24) is 15.2 Å². The van der Waals surface area contributed by atoms with Crippen molar-refractivity contribution in [1.29, 1.82) is 0 Å². The monoisotopic (exact) mass is 319 g/mol. The number of nitrogens with zero attached hydrogens (tertiary/aromatic N) is 2. The Morgan fingerprint density at radius 1 is 1.57 bits per heavy atom. The molecule has 1 fully saturated rings. The van der Waals surface area contributed by atoms with Crippen LogP contribution in [0.25, 0.3) is 0 Å². The molecular weight excluding hydrogens is 290 g/mol. The van der Waals surface area contributed by atoms with Gasteiger partial charge in [0.1, 0.15) is 6.61 Å². The molecule has 1 amide bonds. The van der Waals surface area contributed by atoms with E-state index in [0.29, 0.717) is 18.5 Å². The molecule has 2 atom stereocenters. The third-order valence-corrected chi connectivity index (χ3v) is 4.56. The molecule has 0 aliphatic carbocycles. The van der Waals surface area contributed by atoms with Crippen LogP contribution in [0.5, 0.6) is 5.88 Å². The van der Waals surface area contributed by atoms with Gasteiger partial charge in [-0.3, -0.25) is 4.79 Å². The number of nitrogens with one attached hydrogen (secondary N) is 1. The Balaban J connectivity index is 1.89. The lowest BCUT2D eigenvalue weighted by Gasteiger charge is -2.31. The Labute approximate surface area is 139 Å². The summed E-state index contributed by atoms with van der Waals surface area (Å²) in [7, 11) is 2.10. The average Bonchev–Trinajstić information content (AvgIpc) is 2.91. The van der Waals surface area contributed by atoms with Gasteiger partial charge in [-0.05, 0) is 53.3 Å². The lowest BCUT2D eigenvalue weighted by atomic mass is 9.97. The zero-order chi connectivity index (χ0) is 17.0. The number of hydrogen-bond acceptors (Lipinski definition) is 4. The van der Waals surface area contributed by atoms with Crippen LogP contribution in [-0.2, 0) is 4.79 Å². The molecule has 0 bridgehead atoms. The molecule has 0 saturated carbocycles. The lowest BCUT2D eigenvalue weighted by molar-refractivity contribution is -0.128. The van der Waals surface area contributed by atoms with Gasteiger partial charge in [0.05, 0.1) is 11.5 Å². The molecule has 1 saturated heterocycles. The second-order valence-electron chi connectivity index (χ2n) is 7.27. The normalized spacial score (nSPS) is 20.3. The highest BCUT2D eigenvalue weighted by atomic mass is 16.5. The Morgan fingerprint density at radius 3 is 2.91 bits per heavy atom. The number of aryl methyl sites for hydroxylation is 1. The van der Waals surface area contributed by atoms with Crippen LogP contribution >= 0.6 is 0 Å². The van der Waals surface area contributed by atoms with Crippen molar-refractivity contribution in [3.63, 3.8) is 0 Å². The SMILES string of the molecule is Cc1cccnc1OCC(C)(C)NC(=O)C(C)[C@H]1CCCN1C. The van der Waals surface area contributed by atoms with Gasteiger partial charge in [-0.1, -0.05) is 13.0 Å². The second kappa shape index (κ2) is 7.30. The molecular formula is C18H29N3O2. The van der Waals surface area contributed by atoms with E-state index in [1.807, 2.05) is 39.8 Å². The summed E-state index contributed by atoms with van der Waals surface area (Å²) in [6.45, 7) is 9.41. The van der Waals surface area contributed by atoms with Crippen LogP contribution in [0.15, 0.2) is 18.3 Å². The molecule has 1 N–H and O–H groups in total. The van der Waals surface area contributed by atoms with E-state index in [9.17, 15) is 4.79 Å². The first-order chi connectivity index (χ1) is 10.8. The zero-order valence-electron chi connectivity index (χ0n) is 14.9. The lowest BCUT2D eigenvalue weighted by Crippen LogP contribution is -2.52. The van der Waals surface area contributed by atoms with Crippen molar-refractivity contribution in [3.8, 4) is 5.88 Å². The van der Waals surface area contributed by atoms with Gasteiger partial charge in [0.25, 0.3) is 0 Å². The van der Waals surface area contributed by atoms with Crippen LogP contribution in [0.1, 0.15) is 39.2 Å². The Kier molecular flexibility index (Phi) is 5.63. The van der Waals surface area contributed by atoms with Gasteiger partial charge in [-0.15, -0.1) is 0 Å². The molecule has 2 heterocycles. The predicted molar refractivity (Wildman–Crippen MR) is 91.5 cm³/mol. The summed E-state index contributed by atoms with van der Waals surface area (Å²) in [6, 6.07) is 4.19. The molecule has 1 aromatic heterocycles. The van der Waals surface area contributed by atoms with Gasteiger partial charge in [0.2, 0.25) is 11.8 Å². The molecule has 0 aromatic carbocycles. The molecule has 5 heteroatoms. The molecule has 5 nitrogen and oxygen atoms in total. The second-order valence-corrected chi connectivity index (χ2v) is 7.27. The number of hydrogen-bond donors (Lipinski definition) is 1. The molecule has 0 radical (unpaired) electrons. The van der Waals surface area contributed by atoms with Crippen LogP contribution in [0.4, 0.5) is 0 Å². The molecule has 1 aromatic rings. The van der Waals surface area contributed by atoms with Crippen LogP contribution in [0, 0.1) is 12.8 Å². The van der Waals surface area contributed by atoms with E-state index < -0.39 is 5.54 Å².